The van der Waals surface area contributed by atoms with Gasteiger partial charge in [-0.1, -0.05) is 60.2 Å². The molecular weight excluding hydrogens is 485 g/mol. The Bertz CT molecular complexity index is 1230. The fourth-order valence-corrected chi connectivity index (χ4v) is 6.51. The molecule has 192 valence electrons. The van der Waals surface area contributed by atoms with Crippen LogP contribution in [0.5, 0.6) is 0 Å². The first-order valence-electron chi connectivity index (χ1n) is 12.8. The van der Waals surface area contributed by atoms with Crippen LogP contribution in [0.2, 0.25) is 0 Å². The Morgan fingerprint density at radius 2 is 1.70 bits per heavy atom. The average Bonchev–Trinajstić information content (AvgIpc) is 3.36. The fourth-order valence-electron chi connectivity index (χ4n) is 5.09. The molecular formula is C30H32FN3O2S. The number of rotatable bonds is 6. The van der Waals surface area contributed by atoms with Gasteiger partial charge in [0.2, 0.25) is 5.91 Å². The minimum Gasteiger partial charge on any atom is -0.351 e. The van der Waals surface area contributed by atoms with Gasteiger partial charge in [-0.05, 0) is 55.2 Å². The van der Waals surface area contributed by atoms with Crippen molar-refractivity contribution in [2.75, 3.05) is 18.8 Å². The summed E-state index contributed by atoms with van der Waals surface area (Å²) in [6.07, 6.45) is 1.75. The molecule has 0 aliphatic carbocycles. The molecule has 2 amide bonds. The predicted molar refractivity (Wildman–Crippen MR) is 146 cm³/mol. The number of carbonyl (C=O) groups is 2. The molecule has 3 aromatic rings. The van der Waals surface area contributed by atoms with Gasteiger partial charge in [0.1, 0.15) is 17.2 Å². The third-order valence-corrected chi connectivity index (χ3v) is 8.48. The molecule has 0 spiro atoms. The zero-order valence-corrected chi connectivity index (χ0v) is 21.8. The van der Waals surface area contributed by atoms with E-state index in [1.165, 1.54) is 29.5 Å². The van der Waals surface area contributed by atoms with Crippen molar-refractivity contribution in [3.63, 3.8) is 0 Å². The molecule has 0 bridgehead atoms. The van der Waals surface area contributed by atoms with Gasteiger partial charge in [0.25, 0.3) is 5.91 Å². The van der Waals surface area contributed by atoms with Crippen LogP contribution in [-0.4, -0.2) is 52.5 Å². The first kappa shape index (κ1) is 25.5. The SMILES string of the molecule is Cc1ccc(C(=O)N2C(C(=O)NC3CCN(Cc4ccccc4)CC3)CSC2c2cccc(F)c2)cc1. The molecule has 1 N–H and O–H groups in total. The van der Waals surface area contributed by atoms with Gasteiger partial charge in [0.05, 0.1) is 0 Å². The number of nitrogens with zero attached hydrogens (tertiary/aromatic N) is 2. The molecule has 2 atom stereocenters. The number of piperidine rings is 1. The summed E-state index contributed by atoms with van der Waals surface area (Å²) < 4.78 is 14.1. The van der Waals surface area contributed by atoms with Gasteiger partial charge in [-0.2, -0.15) is 0 Å². The van der Waals surface area contributed by atoms with E-state index in [-0.39, 0.29) is 23.7 Å². The largest absolute Gasteiger partial charge is 0.351 e. The molecule has 2 heterocycles. The average molecular weight is 518 g/mol. The van der Waals surface area contributed by atoms with Crippen molar-refractivity contribution < 1.29 is 14.0 Å². The Kier molecular flexibility index (Phi) is 7.91. The number of halogens is 1. The van der Waals surface area contributed by atoms with E-state index in [2.05, 4.69) is 34.5 Å². The zero-order valence-electron chi connectivity index (χ0n) is 21.0. The maximum absolute atomic E-state index is 14.1. The summed E-state index contributed by atoms with van der Waals surface area (Å²) in [7, 11) is 0. The van der Waals surface area contributed by atoms with E-state index in [1.54, 1.807) is 23.1 Å². The normalized spacial score (nSPS) is 20.6. The lowest BCUT2D eigenvalue weighted by Crippen LogP contribution is -2.52. The lowest BCUT2D eigenvalue weighted by molar-refractivity contribution is -0.125. The van der Waals surface area contributed by atoms with Gasteiger partial charge >= 0.3 is 0 Å². The van der Waals surface area contributed by atoms with Gasteiger partial charge in [-0.25, -0.2) is 4.39 Å². The second-order valence-corrected chi connectivity index (χ2v) is 11.0. The van der Waals surface area contributed by atoms with E-state index in [0.717, 1.165) is 38.0 Å². The van der Waals surface area contributed by atoms with Crippen LogP contribution in [0, 0.1) is 12.7 Å². The molecule has 2 saturated heterocycles. The third-order valence-electron chi connectivity index (χ3n) is 7.15. The molecule has 37 heavy (non-hydrogen) atoms. The zero-order chi connectivity index (χ0) is 25.8. The Labute approximate surface area is 222 Å². The van der Waals surface area contributed by atoms with Crippen LogP contribution >= 0.6 is 11.8 Å². The third kappa shape index (κ3) is 6.05. The number of benzene rings is 3. The molecule has 5 nitrogen and oxygen atoms in total. The summed E-state index contributed by atoms with van der Waals surface area (Å²) in [6.45, 7) is 4.71. The number of aryl methyl sites for hydroxylation is 1. The highest BCUT2D eigenvalue weighted by Gasteiger charge is 2.43. The molecule has 2 aliphatic heterocycles. The fraction of sp³-hybridized carbons (Fsp3) is 0.333. The van der Waals surface area contributed by atoms with Crippen molar-refractivity contribution in [3.8, 4) is 0 Å². The molecule has 0 aromatic heterocycles. The Morgan fingerprint density at radius 3 is 2.41 bits per heavy atom. The maximum Gasteiger partial charge on any atom is 0.255 e. The Balaban J connectivity index is 1.28. The van der Waals surface area contributed by atoms with Crippen LogP contribution in [-0.2, 0) is 11.3 Å². The van der Waals surface area contributed by atoms with E-state index in [9.17, 15) is 14.0 Å². The maximum atomic E-state index is 14.1. The lowest BCUT2D eigenvalue weighted by atomic mass is 10.0. The van der Waals surface area contributed by atoms with Crippen molar-refractivity contribution >= 4 is 23.6 Å². The summed E-state index contributed by atoms with van der Waals surface area (Å²) in [5.41, 5.74) is 3.57. The standard InChI is InChI=1S/C30H32FN3O2S/c1-21-10-12-23(13-11-21)29(36)34-27(20-37-30(34)24-8-5-9-25(31)18-24)28(35)32-26-14-16-33(17-15-26)19-22-6-3-2-4-7-22/h2-13,18,26-27,30H,14-17,19-20H2,1H3,(H,32,35). The number of hydrogen-bond acceptors (Lipinski definition) is 4. The topological polar surface area (TPSA) is 52.7 Å². The van der Waals surface area contributed by atoms with E-state index in [0.29, 0.717) is 16.9 Å². The quantitative estimate of drug-likeness (QED) is 0.490. The number of likely N-dealkylation sites (tertiary alicyclic amines) is 1. The minimum atomic E-state index is -0.616. The molecule has 2 fully saturated rings. The molecule has 0 saturated carbocycles. The van der Waals surface area contributed by atoms with E-state index in [1.807, 2.05) is 31.2 Å². The predicted octanol–water partition coefficient (Wildman–Crippen LogP) is 5.17. The summed E-state index contributed by atoms with van der Waals surface area (Å²) in [4.78, 5) is 31.3. The van der Waals surface area contributed by atoms with Crippen molar-refractivity contribution in [2.24, 2.45) is 0 Å². The monoisotopic (exact) mass is 517 g/mol. The number of carbonyl (C=O) groups excluding carboxylic acids is 2. The van der Waals surface area contributed by atoms with E-state index >= 15 is 0 Å². The van der Waals surface area contributed by atoms with Gasteiger partial charge in [0.15, 0.2) is 0 Å². The molecule has 2 unspecified atom stereocenters. The van der Waals surface area contributed by atoms with Crippen molar-refractivity contribution in [1.29, 1.82) is 0 Å². The lowest BCUT2D eigenvalue weighted by Gasteiger charge is -2.34. The molecule has 7 heteroatoms. The minimum absolute atomic E-state index is 0.0778. The van der Waals surface area contributed by atoms with Crippen LogP contribution in [0.3, 0.4) is 0 Å². The number of amides is 2. The van der Waals surface area contributed by atoms with Crippen LogP contribution in [0.1, 0.15) is 45.3 Å². The number of hydrogen-bond donors (Lipinski definition) is 1. The number of nitrogens with one attached hydrogen (secondary N) is 1. The van der Waals surface area contributed by atoms with Crippen LogP contribution in [0.4, 0.5) is 4.39 Å². The highest BCUT2D eigenvalue weighted by atomic mass is 32.2. The Hall–Kier alpha value is -3.16. The van der Waals surface area contributed by atoms with Crippen LogP contribution in [0.15, 0.2) is 78.9 Å². The molecule has 3 aromatic carbocycles. The first-order valence-corrected chi connectivity index (χ1v) is 13.9. The van der Waals surface area contributed by atoms with E-state index in [4.69, 9.17) is 0 Å². The molecule has 2 aliphatic rings. The summed E-state index contributed by atoms with van der Waals surface area (Å²) in [5.74, 6) is -0.223. The smallest absolute Gasteiger partial charge is 0.255 e. The first-order chi connectivity index (χ1) is 18.0. The van der Waals surface area contributed by atoms with Crippen molar-refractivity contribution in [2.45, 2.75) is 43.8 Å². The molecule has 0 radical (unpaired) electrons. The second kappa shape index (κ2) is 11.5. The summed E-state index contributed by atoms with van der Waals surface area (Å²) in [6, 6.07) is 23.6. The van der Waals surface area contributed by atoms with Crippen molar-refractivity contribution in [1.82, 2.24) is 15.1 Å². The highest BCUT2D eigenvalue weighted by Crippen LogP contribution is 2.42. The van der Waals surface area contributed by atoms with E-state index < -0.39 is 11.4 Å². The van der Waals surface area contributed by atoms with Gasteiger partial charge < -0.3 is 10.2 Å². The van der Waals surface area contributed by atoms with Crippen LogP contribution in [0.25, 0.3) is 0 Å². The van der Waals surface area contributed by atoms with Crippen LogP contribution < -0.4 is 5.32 Å². The highest BCUT2D eigenvalue weighted by molar-refractivity contribution is 7.99. The summed E-state index contributed by atoms with van der Waals surface area (Å²) >= 11 is 1.51. The second-order valence-electron chi connectivity index (χ2n) is 9.88. The Morgan fingerprint density at radius 1 is 0.973 bits per heavy atom. The number of thioether (sulfide) groups is 1. The van der Waals surface area contributed by atoms with Gasteiger partial charge in [-0.3, -0.25) is 14.5 Å². The summed E-state index contributed by atoms with van der Waals surface area (Å²) in [5, 5.41) is 2.80. The molecule has 5 rings (SSSR count). The van der Waals surface area contributed by atoms with Gasteiger partial charge in [0, 0.05) is 37.0 Å². The van der Waals surface area contributed by atoms with Crippen molar-refractivity contribution in [3.05, 3.63) is 107 Å². The van der Waals surface area contributed by atoms with Gasteiger partial charge in [-0.15, -0.1) is 11.8 Å².